The van der Waals surface area contributed by atoms with Gasteiger partial charge >= 0.3 is 5.97 Å². The molecule has 3 aromatic rings. The lowest BCUT2D eigenvalue weighted by Gasteiger charge is -2.37. The number of esters is 1. The molecule has 7 amide bonds. The van der Waals surface area contributed by atoms with Gasteiger partial charge in [-0.15, -0.1) is 0 Å². The van der Waals surface area contributed by atoms with Crippen LogP contribution in [0.3, 0.4) is 0 Å². The Morgan fingerprint density at radius 3 is 1.60 bits per heavy atom. The lowest BCUT2D eigenvalue weighted by molar-refractivity contribution is -0.144. The third kappa shape index (κ3) is 34.8. The number of methoxy groups -OCH3 is 1. The number of rotatable bonds is 55. The molecule has 103 heavy (non-hydrogen) atoms. The molecule has 18 nitrogen and oxygen atoms in total. The number of aliphatic hydroxyl groups excluding tert-OH is 1. The van der Waals surface area contributed by atoms with E-state index in [1.165, 1.54) is 111 Å². The van der Waals surface area contributed by atoms with Crippen molar-refractivity contribution >= 4 is 87.7 Å². The minimum Gasteiger partial charge on any atom is -0.467 e. The maximum atomic E-state index is 15.1. The first-order valence-corrected chi connectivity index (χ1v) is 41.1. The van der Waals surface area contributed by atoms with Gasteiger partial charge in [-0.3, -0.25) is 48.6 Å². The van der Waals surface area contributed by atoms with Crippen LogP contribution in [0.5, 0.6) is 0 Å². The van der Waals surface area contributed by atoms with Crippen molar-refractivity contribution in [2.45, 2.75) is 244 Å². The van der Waals surface area contributed by atoms with Gasteiger partial charge in [0.15, 0.2) is 5.12 Å². The molecule has 21 heteroatoms. The van der Waals surface area contributed by atoms with Gasteiger partial charge in [0, 0.05) is 48.8 Å². The van der Waals surface area contributed by atoms with E-state index in [0.717, 1.165) is 90.3 Å². The molecule has 1 aliphatic rings. The van der Waals surface area contributed by atoms with Gasteiger partial charge in [0.2, 0.25) is 29.5 Å². The van der Waals surface area contributed by atoms with E-state index in [0.29, 0.717) is 56.6 Å². The fraction of sp³-hybridized carbons (Fsp3) is 0.573. The zero-order valence-electron chi connectivity index (χ0n) is 62.9. The van der Waals surface area contributed by atoms with Crippen LogP contribution in [0.25, 0.3) is 0 Å². The van der Waals surface area contributed by atoms with Crippen molar-refractivity contribution in [3.63, 3.8) is 0 Å². The summed E-state index contributed by atoms with van der Waals surface area (Å²) in [4.78, 5) is 124. The first-order chi connectivity index (χ1) is 49.8. The molecule has 0 unspecified atom stereocenters. The van der Waals surface area contributed by atoms with Gasteiger partial charge in [0.1, 0.15) is 30.2 Å². The Balaban J connectivity index is 1.59. The predicted octanol–water partition coefficient (Wildman–Crippen LogP) is 13.8. The monoisotopic (exact) mass is 1480 g/mol. The second-order valence-corrected chi connectivity index (χ2v) is 30.4. The fourth-order valence-corrected chi connectivity index (χ4v) is 14.5. The Morgan fingerprint density at radius 1 is 0.534 bits per heavy atom. The van der Waals surface area contributed by atoms with Crippen LogP contribution in [0.15, 0.2) is 132 Å². The number of carbonyl (C=O) groups excluding carboxylic acids is 9. The molecule has 0 aliphatic carbocycles. The van der Waals surface area contributed by atoms with Crippen molar-refractivity contribution < 1.29 is 53.0 Å². The third-order valence-corrected chi connectivity index (χ3v) is 21.0. The number of amides is 7. The number of benzene rings is 3. The molecule has 0 fully saturated rings. The van der Waals surface area contributed by atoms with Crippen molar-refractivity contribution in [2.24, 2.45) is 0 Å². The Morgan fingerprint density at radius 2 is 1.03 bits per heavy atom. The highest BCUT2D eigenvalue weighted by Gasteiger charge is 2.37. The molecule has 7 N–H and O–H groups in total. The van der Waals surface area contributed by atoms with E-state index in [1.54, 1.807) is 0 Å². The molecular weight excluding hydrogens is 1360 g/mol. The van der Waals surface area contributed by atoms with E-state index in [9.17, 15) is 43.5 Å². The number of thioether (sulfide) groups is 3. The maximum Gasteiger partial charge on any atom is 0.329 e. The van der Waals surface area contributed by atoms with Crippen molar-refractivity contribution in [1.82, 2.24) is 36.8 Å². The standard InChI is InChI=1S/C82H121N7O11S3/c1-9-10-11-12-13-14-15-16-17-18-19-20-29-45-76(94)103-60-71(87-79(97)70(58-90)86-78(96)69(53-56-101-8)84-73(91)44-28-23-32-55-89-74(92)50-51-75(89)93)80(98)85-68(77(95)88-72(81(99)100-7)59-102-57-52-63(5)38-34-37-62(4)36-33-35-61(2)3)43-30-31-54-83-82(65-39-24-21-25-40-65,66-41-26-22-27-42-66)67-48-46-64(6)47-49-67/h21-22,24-27,35,37,39-42,46-52,68-72,83,90H,9-20,23,28-34,36,38,43-45,53-60H2,1-8H3,(H,84,91)(H,85,98)(H,86,96)(H,87,97)(H,88,95)/b62-37+,63-52+/t68-,69-,70-,71-,72-/m0/s1. The Hall–Kier alpha value is -6.78. The SMILES string of the molecule is CCCCCCCCCCCCCCCC(=O)SC[C@H](NC(=O)[C@H](CO)NC(=O)[C@H](CCSC)NC(=O)CCCCCN1C(=O)C=CC1=O)C(=O)N[C@@H](CCCCNC(c1ccccc1)(c1ccccc1)c1ccc(C)cc1)C(=O)N[C@@H](CSC/C=C(\C)CC/C=C(\C)CCC=C(C)C)C(=O)OC. The topological polar surface area (TPSA) is 259 Å². The third-order valence-electron chi connectivity index (χ3n) is 18.4. The molecule has 568 valence electrons. The summed E-state index contributed by atoms with van der Waals surface area (Å²) in [6.07, 6.45) is 32.4. The summed E-state index contributed by atoms with van der Waals surface area (Å²) < 4.78 is 5.24. The number of nitrogens with one attached hydrogen (secondary N) is 6. The normalized spacial score (nSPS) is 13.9. The predicted molar refractivity (Wildman–Crippen MR) is 422 cm³/mol. The number of ether oxygens (including phenoxy) is 1. The summed E-state index contributed by atoms with van der Waals surface area (Å²) in [5, 5.41) is 28.3. The molecule has 0 bridgehead atoms. The average Bonchev–Trinajstić information content (AvgIpc) is 0.856. The summed E-state index contributed by atoms with van der Waals surface area (Å²) in [5.41, 5.74) is 7.24. The van der Waals surface area contributed by atoms with Crippen LogP contribution in [0.1, 0.15) is 224 Å². The molecule has 0 saturated carbocycles. The summed E-state index contributed by atoms with van der Waals surface area (Å²) in [5.74, 6) is -4.11. The molecule has 5 atom stereocenters. The number of allylic oxidation sites excluding steroid dienone is 5. The zero-order valence-corrected chi connectivity index (χ0v) is 65.3. The number of hydrogen-bond donors (Lipinski definition) is 7. The first kappa shape index (κ1) is 88.6. The van der Waals surface area contributed by atoms with E-state index in [1.807, 2.05) is 49.6 Å². The number of aliphatic hydroxyl groups is 1. The van der Waals surface area contributed by atoms with Gasteiger partial charge in [-0.1, -0.05) is 228 Å². The van der Waals surface area contributed by atoms with Crippen LogP contribution in [-0.4, -0.2) is 149 Å². The number of imide groups is 1. The molecule has 0 aromatic heterocycles. The smallest absolute Gasteiger partial charge is 0.329 e. The summed E-state index contributed by atoms with van der Waals surface area (Å²) in [6.45, 7) is 12.5. The maximum absolute atomic E-state index is 15.1. The Labute approximate surface area is 628 Å². The van der Waals surface area contributed by atoms with Crippen LogP contribution < -0.4 is 31.9 Å². The summed E-state index contributed by atoms with van der Waals surface area (Å²) in [7, 11) is 1.25. The molecule has 4 rings (SSSR count). The van der Waals surface area contributed by atoms with Crippen LogP contribution in [0.2, 0.25) is 0 Å². The van der Waals surface area contributed by atoms with Crippen molar-refractivity contribution in [1.29, 1.82) is 0 Å². The van der Waals surface area contributed by atoms with Gasteiger partial charge < -0.3 is 36.4 Å². The van der Waals surface area contributed by atoms with E-state index < -0.39 is 77.9 Å². The average molecular weight is 1480 g/mol. The second-order valence-electron chi connectivity index (χ2n) is 27.3. The highest BCUT2D eigenvalue weighted by atomic mass is 32.2. The molecule has 0 radical (unpaired) electrons. The number of nitrogens with zero attached hydrogens (tertiary/aromatic N) is 1. The fourth-order valence-electron chi connectivity index (χ4n) is 12.2. The minimum atomic E-state index is -1.61. The zero-order chi connectivity index (χ0) is 75.0. The number of hydrogen-bond acceptors (Lipinski definition) is 15. The van der Waals surface area contributed by atoms with Crippen LogP contribution in [0, 0.1) is 6.92 Å². The summed E-state index contributed by atoms with van der Waals surface area (Å²) >= 11 is 3.77. The lowest BCUT2D eigenvalue weighted by atomic mass is 9.76. The van der Waals surface area contributed by atoms with Crippen LogP contribution >= 0.6 is 35.3 Å². The molecule has 3 aromatic carbocycles. The van der Waals surface area contributed by atoms with E-state index >= 15 is 4.79 Å². The second kappa shape index (κ2) is 52.2. The van der Waals surface area contributed by atoms with Crippen molar-refractivity contribution in [3.8, 4) is 0 Å². The highest BCUT2D eigenvalue weighted by molar-refractivity contribution is 8.13. The van der Waals surface area contributed by atoms with Gasteiger partial charge in [0.25, 0.3) is 11.8 Å². The quantitative estimate of drug-likeness (QED) is 0.00911. The largest absolute Gasteiger partial charge is 0.467 e. The van der Waals surface area contributed by atoms with Crippen LogP contribution in [-0.2, 0) is 53.4 Å². The van der Waals surface area contributed by atoms with Crippen molar-refractivity contribution in [2.75, 3.05) is 56.1 Å². The highest BCUT2D eigenvalue weighted by Crippen LogP contribution is 2.37. The number of carbonyl (C=O) groups is 9. The number of unbranched alkanes of at least 4 members (excludes halogenated alkanes) is 15. The first-order valence-electron chi connectivity index (χ1n) is 37.6. The lowest BCUT2D eigenvalue weighted by Crippen LogP contribution is -2.60. The Kier molecular flexibility index (Phi) is 44.9. The van der Waals surface area contributed by atoms with Gasteiger partial charge in [-0.2, -0.15) is 23.5 Å². The van der Waals surface area contributed by atoms with Gasteiger partial charge in [0.05, 0.1) is 19.3 Å². The van der Waals surface area contributed by atoms with Gasteiger partial charge in [-0.05, 0) is 140 Å². The van der Waals surface area contributed by atoms with Gasteiger partial charge in [-0.25, -0.2) is 4.79 Å². The summed E-state index contributed by atoms with van der Waals surface area (Å²) in [6, 6.07) is 22.2. The van der Waals surface area contributed by atoms with Crippen molar-refractivity contribution in [3.05, 3.63) is 154 Å². The van der Waals surface area contributed by atoms with E-state index in [2.05, 4.69) is 133 Å². The molecule has 0 spiro atoms. The number of aryl methyl sites for hydroxylation is 1. The van der Waals surface area contributed by atoms with E-state index in [4.69, 9.17) is 4.74 Å². The van der Waals surface area contributed by atoms with E-state index in [-0.39, 0.29) is 60.7 Å². The minimum absolute atomic E-state index is 0.0442. The molecule has 1 heterocycles. The molecular formula is C82H121N7O11S3. The van der Waals surface area contributed by atoms with Crippen LogP contribution in [0.4, 0.5) is 0 Å². The molecule has 1 aliphatic heterocycles. The molecule has 0 saturated heterocycles. The Bertz CT molecular complexity index is 3120.